The first-order valence-electron chi connectivity index (χ1n) is 21.5. The predicted molar refractivity (Wildman–Crippen MR) is 228 cm³/mol. The maximum absolute atomic E-state index is 12.6. The third kappa shape index (κ3) is 29.9. The number of unbranched alkanes of at least 4 members (excludes halogenated alkanes) is 10. The van der Waals surface area contributed by atoms with Gasteiger partial charge in [0.15, 0.2) is 11.9 Å². The van der Waals surface area contributed by atoms with Crippen molar-refractivity contribution in [1.82, 2.24) is 0 Å². The summed E-state index contributed by atoms with van der Waals surface area (Å²) in [4.78, 5) is 47.3. The van der Waals surface area contributed by atoms with E-state index >= 15 is 0 Å². The number of phosphoric ester groups is 1. The second-order valence-corrected chi connectivity index (χ2v) is 16.0. The van der Waals surface area contributed by atoms with Crippen molar-refractivity contribution in [2.75, 3.05) is 26.4 Å². The zero-order valence-corrected chi connectivity index (χ0v) is 35.8. The van der Waals surface area contributed by atoms with Crippen LogP contribution >= 0.6 is 7.82 Å². The molecule has 57 heavy (non-hydrogen) atoms. The van der Waals surface area contributed by atoms with Crippen LogP contribution < -0.4 is 5.73 Å². The summed E-state index contributed by atoms with van der Waals surface area (Å²) in [6, 6.07) is 0. The number of hydrogen-bond donors (Lipinski definition) is 3. The average Bonchev–Trinajstić information content (AvgIpc) is 3.54. The van der Waals surface area contributed by atoms with Crippen LogP contribution in [0.15, 0.2) is 72.9 Å². The quantitative estimate of drug-likeness (QED) is 0.0238. The molecule has 324 valence electrons. The molecule has 0 bridgehead atoms. The van der Waals surface area contributed by atoms with E-state index in [1.54, 1.807) is 12.2 Å². The Morgan fingerprint density at radius 2 is 1.39 bits per heavy atom. The molecule has 11 nitrogen and oxygen atoms in total. The van der Waals surface area contributed by atoms with Crippen molar-refractivity contribution in [2.45, 2.75) is 154 Å². The SMILES string of the molecule is CCCCCCCC/C=C\C/C=C\C/C=C\CCCC(=O)O[C@H](COC(=O)CCC/C=C\C[C@H]1C=CC(=O)[C@@H]1/C=C/[C@@H](O)CCCCC)COP(=O)(O)OCCN. The molecule has 0 fully saturated rings. The van der Waals surface area contributed by atoms with Crippen molar-refractivity contribution in [1.29, 1.82) is 0 Å². The minimum absolute atomic E-state index is 0.0139. The van der Waals surface area contributed by atoms with Crippen LogP contribution in [0.2, 0.25) is 0 Å². The molecular weight excluding hydrogens is 745 g/mol. The molecule has 1 unspecified atom stereocenters. The van der Waals surface area contributed by atoms with Crippen LogP contribution in [0.4, 0.5) is 0 Å². The van der Waals surface area contributed by atoms with Gasteiger partial charge in [-0.2, -0.15) is 0 Å². The molecule has 1 rings (SSSR count). The van der Waals surface area contributed by atoms with Crippen LogP contribution in [-0.4, -0.2) is 66.3 Å². The van der Waals surface area contributed by atoms with Crippen LogP contribution in [0.3, 0.4) is 0 Å². The molecule has 1 aliphatic carbocycles. The molecule has 0 aromatic rings. The molecule has 0 amide bonds. The van der Waals surface area contributed by atoms with Crippen molar-refractivity contribution in [3.8, 4) is 0 Å². The molecule has 0 heterocycles. The van der Waals surface area contributed by atoms with E-state index in [-0.39, 0.29) is 50.2 Å². The van der Waals surface area contributed by atoms with Gasteiger partial charge in [0.25, 0.3) is 0 Å². The van der Waals surface area contributed by atoms with Gasteiger partial charge < -0.3 is 25.2 Å². The van der Waals surface area contributed by atoms with Crippen LogP contribution in [-0.2, 0) is 37.5 Å². The second-order valence-electron chi connectivity index (χ2n) is 14.5. The van der Waals surface area contributed by atoms with Gasteiger partial charge in [-0.25, -0.2) is 4.57 Å². The number of aliphatic hydroxyl groups is 1. The monoisotopic (exact) mass is 820 g/mol. The summed E-state index contributed by atoms with van der Waals surface area (Å²) in [6.45, 7) is 3.32. The number of phosphoric acid groups is 1. The summed E-state index contributed by atoms with van der Waals surface area (Å²) in [5, 5.41) is 10.2. The van der Waals surface area contributed by atoms with Crippen molar-refractivity contribution in [3.63, 3.8) is 0 Å². The summed E-state index contributed by atoms with van der Waals surface area (Å²) in [5.74, 6) is -1.27. The first-order chi connectivity index (χ1) is 27.6. The molecule has 1 aliphatic rings. The molecule has 0 radical (unpaired) electrons. The summed E-state index contributed by atoms with van der Waals surface area (Å²) < 4.78 is 32.7. The third-order valence-corrected chi connectivity index (χ3v) is 10.3. The van der Waals surface area contributed by atoms with Gasteiger partial charge in [0.2, 0.25) is 0 Å². The van der Waals surface area contributed by atoms with Crippen LogP contribution in [0.5, 0.6) is 0 Å². The number of esters is 2. The number of aliphatic hydroxyl groups excluding tert-OH is 1. The third-order valence-electron chi connectivity index (χ3n) is 9.31. The Bertz CT molecular complexity index is 1310. The van der Waals surface area contributed by atoms with Crippen molar-refractivity contribution >= 4 is 25.5 Å². The average molecular weight is 820 g/mol. The summed E-state index contributed by atoms with van der Waals surface area (Å²) in [5.41, 5.74) is 5.34. The van der Waals surface area contributed by atoms with Gasteiger partial charge in [0, 0.05) is 25.3 Å². The lowest BCUT2D eigenvalue weighted by atomic mass is 9.90. The highest BCUT2D eigenvalue weighted by Crippen LogP contribution is 2.43. The van der Waals surface area contributed by atoms with Gasteiger partial charge in [-0.1, -0.05) is 132 Å². The summed E-state index contributed by atoms with van der Waals surface area (Å²) in [6.07, 6.45) is 40.0. The van der Waals surface area contributed by atoms with E-state index in [4.69, 9.17) is 24.3 Å². The molecular formula is C45H74NO10P. The Hall–Kier alpha value is -2.92. The van der Waals surface area contributed by atoms with Gasteiger partial charge in [-0.05, 0) is 76.2 Å². The lowest BCUT2D eigenvalue weighted by molar-refractivity contribution is -0.161. The molecule has 4 N–H and O–H groups in total. The molecule has 0 aromatic heterocycles. The zero-order chi connectivity index (χ0) is 41.8. The minimum atomic E-state index is -4.44. The molecule has 5 atom stereocenters. The van der Waals surface area contributed by atoms with E-state index < -0.39 is 38.6 Å². The molecule has 0 saturated heterocycles. The van der Waals surface area contributed by atoms with E-state index in [1.165, 1.54) is 38.5 Å². The largest absolute Gasteiger partial charge is 0.472 e. The first-order valence-corrected chi connectivity index (χ1v) is 23.0. The maximum Gasteiger partial charge on any atom is 0.472 e. The van der Waals surface area contributed by atoms with Gasteiger partial charge in [-0.3, -0.25) is 23.4 Å². The Balaban J connectivity index is 2.41. The molecule has 12 heteroatoms. The minimum Gasteiger partial charge on any atom is -0.462 e. The standard InChI is InChI=1S/C45H74NO10P/c1-3-5-7-8-9-10-11-12-13-14-15-16-17-18-19-20-26-30-45(50)56-41(38-55-57(51,52)54-36-35-46)37-53-44(49)29-25-22-21-24-27-39-31-34-43(48)42(39)33-32-40(47)28-23-6-4-2/h12-13,15-16,18-19,21,24,31-34,39-42,47H,3-11,14,17,20,22-23,25-30,35-38,46H2,1-2H3,(H,51,52)/b13-12-,16-15-,19-18-,24-21-,33-32+/t39-,40-,41+,42+/m0/s1. The summed E-state index contributed by atoms with van der Waals surface area (Å²) in [7, 11) is -4.44. The molecule has 0 saturated carbocycles. The van der Waals surface area contributed by atoms with Crippen molar-refractivity contribution in [3.05, 3.63) is 72.9 Å². The number of carbonyl (C=O) groups is 3. The fourth-order valence-electron chi connectivity index (χ4n) is 5.99. The van der Waals surface area contributed by atoms with Gasteiger partial charge >= 0.3 is 19.8 Å². The van der Waals surface area contributed by atoms with Gasteiger partial charge in [0.05, 0.1) is 19.3 Å². The number of hydrogen-bond acceptors (Lipinski definition) is 10. The topological polar surface area (TPSA) is 172 Å². The van der Waals surface area contributed by atoms with Crippen molar-refractivity contribution < 1.29 is 47.5 Å². The highest BCUT2D eigenvalue weighted by atomic mass is 31.2. The maximum atomic E-state index is 12.6. The molecule has 0 aromatic carbocycles. The van der Waals surface area contributed by atoms with Crippen LogP contribution in [0, 0.1) is 11.8 Å². The second kappa shape index (κ2) is 35.1. The van der Waals surface area contributed by atoms with Gasteiger partial charge in [0.1, 0.15) is 6.61 Å². The van der Waals surface area contributed by atoms with Crippen LogP contribution in [0.25, 0.3) is 0 Å². The predicted octanol–water partition coefficient (Wildman–Crippen LogP) is 9.89. The fraction of sp³-hybridized carbons (Fsp3) is 0.667. The smallest absolute Gasteiger partial charge is 0.462 e. The highest BCUT2D eigenvalue weighted by molar-refractivity contribution is 7.47. The highest BCUT2D eigenvalue weighted by Gasteiger charge is 2.27. The van der Waals surface area contributed by atoms with E-state index in [1.807, 2.05) is 30.4 Å². The fourth-order valence-corrected chi connectivity index (χ4v) is 6.76. The van der Waals surface area contributed by atoms with Gasteiger partial charge in [-0.15, -0.1) is 0 Å². The zero-order valence-electron chi connectivity index (χ0n) is 34.9. The number of nitrogens with two attached hydrogens (primary N) is 1. The van der Waals surface area contributed by atoms with E-state index in [9.17, 15) is 28.9 Å². The number of allylic oxidation sites excluding steroid dienone is 11. The lowest BCUT2D eigenvalue weighted by Gasteiger charge is -2.19. The van der Waals surface area contributed by atoms with E-state index in [0.717, 1.165) is 38.5 Å². The number of ether oxygens (including phenoxy) is 2. The Morgan fingerprint density at radius 3 is 2.07 bits per heavy atom. The first kappa shape index (κ1) is 52.1. The molecule has 0 aliphatic heterocycles. The van der Waals surface area contributed by atoms with Crippen LogP contribution in [0.1, 0.15) is 142 Å². The Labute approximate surface area is 343 Å². The van der Waals surface area contributed by atoms with E-state index in [0.29, 0.717) is 38.5 Å². The Morgan fingerprint density at radius 1 is 0.789 bits per heavy atom. The number of ketones is 1. The Kier molecular flexibility index (Phi) is 32.0. The number of carbonyl (C=O) groups excluding carboxylic acids is 3. The normalized spacial score (nSPS) is 18.2. The molecule has 0 spiro atoms. The van der Waals surface area contributed by atoms with Crippen molar-refractivity contribution in [2.24, 2.45) is 17.6 Å². The summed E-state index contributed by atoms with van der Waals surface area (Å²) >= 11 is 0. The van der Waals surface area contributed by atoms with E-state index in [2.05, 4.69) is 44.2 Å². The number of rotatable bonds is 36. The lowest BCUT2D eigenvalue weighted by Crippen LogP contribution is -2.29.